The summed E-state index contributed by atoms with van der Waals surface area (Å²) in [6.45, 7) is 2.01. The van der Waals surface area contributed by atoms with Gasteiger partial charge in [-0.3, -0.25) is 5.10 Å². The van der Waals surface area contributed by atoms with Crippen molar-refractivity contribution < 1.29 is 4.74 Å². The zero-order valence-electron chi connectivity index (χ0n) is 8.69. The van der Waals surface area contributed by atoms with Gasteiger partial charge in [-0.15, -0.1) is 0 Å². The Kier molecular flexibility index (Phi) is 2.62. The maximum absolute atomic E-state index is 5.11. The van der Waals surface area contributed by atoms with Crippen LogP contribution in [-0.4, -0.2) is 27.3 Å². The van der Waals surface area contributed by atoms with Crippen LogP contribution in [0, 0.1) is 0 Å². The summed E-state index contributed by atoms with van der Waals surface area (Å²) in [5.74, 6) is 1.35. The van der Waals surface area contributed by atoms with E-state index in [4.69, 9.17) is 4.74 Å². The number of rotatable bonds is 3. The van der Waals surface area contributed by atoms with Gasteiger partial charge in [0.1, 0.15) is 5.82 Å². The standard InChI is InChI=1S/C10H12N4O/c1-3-9-13-8(4-10(14-9)15-2)7-5-11-12-6-7/h4-6H,3H2,1-2H3,(H,11,12). The fraction of sp³-hybridized carbons (Fsp3) is 0.300. The Morgan fingerprint density at radius 3 is 2.87 bits per heavy atom. The van der Waals surface area contributed by atoms with Crippen LogP contribution in [0.3, 0.4) is 0 Å². The van der Waals surface area contributed by atoms with E-state index in [1.165, 1.54) is 0 Å². The molecule has 0 bridgehead atoms. The van der Waals surface area contributed by atoms with Crippen molar-refractivity contribution in [2.45, 2.75) is 13.3 Å². The van der Waals surface area contributed by atoms with Crippen LogP contribution in [0.15, 0.2) is 18.5 Å². The Morgan fingerprint density at radius 1 is 1.40 bits per heavy atom. The fourth-order valence-electron chi connectivity index (χ4n) is 1.27. The number of methoxy groups -OCH3 is 1. The quantitative estimate of drug-likeness (QED) is 0.821. The number of hydrogen-bond acceptors (Lipinski definition) is 4. The molecule has 2 aromatic heterocycles. The van der Waals surface area contributed by atoms with Gasteiger partial charge in [0, 0.05) is 24.2 Å². The molecule has 78 valence electrons. The van der Waals surface area contributed by atoms with Crippen molar-refractivity contribution in [2.75, 3.05) is 7.11 Å². The third kappa shape index (κ3) is 1.96. The first-order chi connectivity index (χ1) is 7.33. The molecule has 0 aromatic carbocycles. The minimum absolute atomic E-state index is 0.582. The number of hydrogen-bond donors (Lipinski definition) is 1. The first kappa shape index (κ1) is 9.64. The molecule has 0 saturated heterocycles. The van der Waals surface area contributed by atoms with Crippen molar-refractivity contribution in [3.63, 3.8) is 0 Å². The van der Waals surface area contributed by atoms with Crippen LogP contribution in [0.4, 0.5) is 0 Å². The van der Waals surface area contributed by atoms with Gasteiger partial charge in [-0.05, 0) is 0 Å². The average molecular weight is 204 g/mol. The number of H-pyrrole nitrogens is 1. The average Bonchev–Trinajstić information content (AvgIpc) is 2.81. The van der Waals surface area contributed by atoms with Gasteiger partial charge in [0.2, 0.25) is 5.88 Å². The lowest BCUT2D eigenvalue weighted by Gasteiger charge is -2.04. The molecule has 0 aliphatic carbocycles. The number of aromatic amines is 1. The molecule has 0 saturated carbocycles. The van der Waals surface area contributed by atoms with E-state index >= 15 is 0 Å². The monoisotopic (exact) mass is 204 g/mol. The molecule has 5 nitrogen and oxygen atoms in total. The normalized spacial score (nSPS) is 10.3. The van der Waals surface area contributed by atoms with Crippen LogP contribution < -0.4 is 4.74 Å². The second kappa shape index (κ2) is 4.08. The number of nitrogens with one attached hydrogen (secondary N) is 1. The highest BCUT2D eigenvalue weighted by atomic mass is 16.5. The van der Waals surface area contributed by atoms with E-state index in [-0.39, 0.29) is 0 Å². The predicted octanol–water partition coefficient (Wildman–Crippen LogP) is 1.44. The van der Waals surface area contributed by atoms with Crippen molar-refractivity contribution in [2.24, 2.45) is 0 Å². The highest BCUT2D eigenvalue weighted by molar-refractivity contribution is 5.57. The Hall–Kier alpha value is -1.91. The highest BCUT2D eigenvalue weighted by Crippen LogP contribution is 2.19. The molecule has 2 heterocycles. The first-order valence-corrected chi connectivity index (χ1v) is 4.74. The summed E-state index contributed by atoms with van der Waals surface area (Å²) in [5, 5.41) is 6.64. The van der Waals surface area contributed by atoms with Gasteiger partial charge in [-0.25, -0.2) is 4.98 Å². The first-order valence-electron chi connectivity index (χ1n) is 4.74. The van der Waals surface area contributed by atoms with Crippen molar-refractivity contribution in [3.8, 4) is 17.1 Å². The van der Waals surface area contributed by atoms with Crippen LogP contribution in [0.5, 0.6) is 5.88 Å². The van der Waals surface area contributed by atoms with Gasteiger partial charge in [-0.1, -0.05) is 6.92 Å². The van der Waals surface area contributed by atoms with Gasteiger partial charge in [0.05, 0.1) is 19.0 Å². The van der Waals surface area contributed by atoms with Crippen LogP contribution in [-0.2, 0) is 6.42 Å². The van der Waals surface area contributed by atoms with E-state index in [0.29, 0.717) is 5.88 Å². The Balaban J connectivity index is 2.47. The summed E-state index contributed by atoms with van der Waals surface area (Å²) in [6.07, 6.45) is 4.30. The fourth-order valence-corrected chi connectivity index (χ4v) is 1.27. The Labute approximate surface area is 87.5 Å². The molecule has 0 fully saturated rings. The van der Waals surface area contributed by atoms with E-state index in [1.807, 2.05) is 6.92 Å². The van der Waals surface area contributed by atoms with E-state index < -0.39 is 0 Å². The number of nitrogens with zero attached hydrogens (tertiary/aromatic N) is 3. The van der Waals surface area contributed by atoms with Crippen molar-refractivity contribution in [1.82, 2.24) is 20.2 Å². The molecule has 2 rings (SSSR count). The lowest BCUT2D eigenvalue weighted by Crippen LogP contribution is -1.98. The summed E-state index contributed by atoms with van der Waals surface area (Å²) in [4.78, 5) is 8.61. The predicted molar refractivity (Wildman–Crippen MR) is 55.5 cm³/mol. The second-order valence-electron chi connectivity index (χ2n) is 3.05. The smallest absolute Gasteiger partial charge is 0.216 e. The van der Waals surface area contributed by atoms with E-state index in [0.717, 1.165) is 23.5 Å². The zero-order valence-corrected chi connectivity index (χ0v) is 8.69. The molecule has 0 spiro atoms. The summed E-state index contributed by atoms with van der Waals surface area (Å²) in [6, 6.07) is 1.80. The molecule has 0 atom stereocenters. The van der Waals surface area contributed by atoms with Crippen LogP contribution >= 0.6 is 0 Å². The van der Waals surface area contributed by atoms with Gasteiger partial charge in [-0.2, -0.15) is 10.1 Å². The second-order valence-corrected chi connectivity index (χ2v) is 3.05. The molecule has 5 heteroatoms. The third-order valence-electron chi connectivity index (χ3n) is 2.07. The van der Waals surface area contributed by atoms with Gasteiger partial charge in [0.15, 0.2) is 0 Å². The van der Waals surface area contributed by atoms with Crippen molar-refractivity contribution in [1.29, 1.82) is 0 Å². The SMILES string of the molecule is CCc1nc(OC)cc(-c2cn[nH]c2)n1. The molecule has 2 aromatic rings. The maximum Gasteiger partial charge on any atom is 0.216 e. The van der Waals surface area contributed by atoms with E-state index in [1.54, 1.807) is 25.6 Å². The van der Waals surface area contributed by atoms with Crippen molar-refractivity contribution in [3.05, 3.63) is 24.3 Å². The van der Waals surface area contributed by atoms with E-state index in [9.17, 15) is 0 Å². The molecule has 15 heavy (non-hydrogen) atoms. The Bertz CT molecular complexity index is 416. The number of aromatic nitrogens is 4. The van der Waals surface area contributed by atoms with Gasteiger partial charge in [0.25, 0.3) is 0 Å². The summed E-state index contributed by atoms with van der Waals surface area (Å²) >= 11 is 0. The van der Waals surface area contributed by atoms with Gasteiger partial charge < -0.3 is 4.74 Å². The minimum Gasteiger partial charge on any atom is -0.481 e. The molecule has 0 unspecified atom stereocenters. The number of ether oxygens (including phenoxy) is 1. The molecule has 0 aliphatic rings. The van der Waals surface area contributed by atoms with Gasteiger partial charge >= 0.3 is 0 Å². The zero-order chi connectivity index (χ0) is 10.7. The molecular weight excluding hydrogens is 192 g/mol. The summed E-state index contributed by atoms with van der Waals surface area (Å²) < 4.78 is 5.11. The molecule has 1 N–H and O–H groups in total. The van der Waals surface area contributed by atoms with Crippen LogP contribution in [0.25, 0.3) is 11.3 Å². The number of aryl methyl sites for hydroxylation is 1. The van der Waals surface area contributed by atoms with E-state index in [2.05, 4.69) is 20.2 Å². The maximum atomic E-state index is 5.11. The molecular formula is C10H12N4O. The lowest BCUT2D eigenvalue weighted by molar-refractivity contribution is 0.395. The molecule has 0 amide bonds. The minimum atomic E-state index is 0.582. The largest absolute Gasteiger partial charge is 0.481 e. The Morgan fingerprint density at radius 2 is 2.27 bits per heavy atom. The van der Waals surface area contributed by atoms with Crippen LogP contribution in [0.1, 0.15) is 12.7 Å². The van der Waals surface area contributed by atoms with Crippen molar-refractivity contribution >= 4 is 0 Å². The topological polar surface area (TPSA) is 63.7 Å². The summed E-state index contributed by atoms with van der Waals surface area (Å²) in [5.41, 5.74) is 1.76. The molecule has 0 aliphatic heterocycles. The molecule has 0 radical (unpaired) electrons. The third-order valence-corrected chi connectivity index (χ3v) is 2.07. The lowest BCUT2D eigenvalue weighted by atomic mass is 10.2. The highest BCUT2D eigenvalue weighted by Gasteiger charge is 2.06. The summed E-state index contributed by atoms with van der Waals surface area (Å²) in [7, 11) is 1.60. The van der Waals surface area contributed by atoms with Crippen LogP contribution in [0.2, 0.25) is 0 Å².